The minimum absolute atomic E-state index is 0.0604. The third-order valence-electron chi connectivity index (χ3n) is 7.29. The van der Waals surface area contributed by atoms with E-state index in [-0.39, 0.29) is 18.6 Å². The predicted molar refractivity (Wildman–Crippen MR) is 185 cm³/mol. The van der Waals surface area contributed by atoms with Crippen molar-refractivity contribution in [1.29, 1.82) is 0 Å². The lowest BCUT2D eigenvalue weighted by molar-refractivity contribution is -0.144. The Balaban J connectivity index is 1.36. The van der Waals surface area contributed by atoms with Crippen molar-refractivity contribution in [2.24, 2.45) is 0 Å². The van der Waals surface area contributed by atoms with Crippen LogP contribution in [-0.2, 0) is 28.6 Å². The molecule has 0 spiro atoms. The van der Waals surface area contributed by atoms with Crippen molar-refractivity contribution in [2.75, 3.05) is 33.5 Å². The van der Waals surface area contributed by atoms with Gasteiger partial charge in [0.2, 0.25) is 0 Å². The van der Waals surface area contributed by atoms with Gasteiger partial charge in [-0.1, -0.05) is 31.4 Å². The molecule has 0 N–H and O–H groups in total. The maximum Gasteiger partial charge on any atom is 0.343 e. The smallest absolute Gasteiger partial charge is 0.343 e. The standard InChI is InChI=1S/C39H44O10/c1-5-36(40)47-24-9-7-6-8-22-45-34-19-14-31(15-20-34)39(43)49-35-21-16-32(26-28(35)2)30-12-17-33(18-13-30)46-23-10-11-25-48-38(42)29(3)27-37(41)44-4/h5,12-21,26H,1,3,6-11,22-25,27H2,2,4H3. The third-order valence-corrected chi connectivity index (χ3v) is 7.29. The molecule has 0 atom stereocenters. The molecular formula is C39H44O10. The summed E-state index contributed by atoms with van der Waals surface area (Å²) >= 11 is 0. The zero-order chi connectivity index (χ0) is 35.4. The zero-order valence-corrected chi connectivity index (χ0v) is 28.2. The van der Waals surface area contributed by atoms with E-state index < -0.39 is 23.9 Å². The summed E-state index contributed by atoms with van der Waals surface area (Å²) in [6, 6.07) is 20.2. The number of esters is 4. The molecule has 0 aliphatic heterocycles. The van der Waals surface area contributed by atoms with Crippen molar-refractivity contribution < 1.29 is 47.6 Å². The van der Waals surface area contributed by atoms with Crippen LogP contribution in [0.3, 0.4) is 0 Å². The van der Waals surface area contributed by atoms with Crippen molar-refractivity contribution in [1.82, 2.24) is 0 Å². The van der Waals surface area contributed by atoms with Crippen LogP contribution < -0.4 is 14.2 Å². The first-order valence-corrected chi connectivity index (χ1v) is 16.2. The molecule has 0 aliphatic carbocycles. The molecule has 10 heteroatoms. The van der Waals surface area contributed by atoms with Gasteiger partial charge < -0.3 is 28.4 Å². The normalized spacial score (nSPS) is 10.4. The molecule has 0 bridgehead atoms. The van der Waals surface area contributed by atoms with Crippen molar-refractivity contribution in [2.45, 2.75) is 51.9 Å². The highest BCUT2D eigenvalue weighted by Gasteiger charge is 2.14. The Morgan fingerprint density at radius 1 is 0.694 bits per heavy atom. The molecule has 3 aromatic rings. The summed E-state index contributed by atoms with van der Waals surface area (Å²) in [7, 11) is 1.25. The average molecular weight is 673 g/mol. The van der Waals surface area contributed by atoms with Gasteiger partial charge in [0.15, 0.2) is 0 Å². The highest BCUT2D eigenvalue weighted by atomic mass is 16.5. The van der Waals surface area contributed by atoms with Gasteiger partial charge in [-0.2, -0.15) is 0 Å². The molecule has 0 unspecified atom stereocenters. The van der Waals surface area contributed by atoms with Crippen molar-refractivity contribution in [3.63, 3.8) is 0 Å². The van der Waals surface area contributed by atoms with Gasteiger partial charge in [-0.3, -0.25) is 4.79 Å². The maximum absolute atomic E-state index is 12.8. The van der Waals surface area contributed by atoms with Gasteiger partial charge in [-0.15, -0.1) is 0 Å². The first-order valence-electron chi connectivity index (χ1n) is 16.2. The number of rotatable bonds is 21. The monoisotopic (exact) mass is 672 g/mol. The zero-order valence-electron chi connectivity index (χ0n) is 28.2. The van der Waals surface area contributed by atoms with Gasteiger partial charge in [0.25, 0.3) is 0 Å². The fraction of sp³-hybridized carbons (Fsp3) is 0.333. The molecule has 0 fully saturated rings. The van der Waals surface area contributed by atoms with E-state index in [0.29, 0.717) is 55.5 Å². The summed E-state index contributed by atoms with van der Waals surface area (Å²) in [5.74, 6) is -0.135. The Morgan fingerprint density at radius 2 is 1.24 bits per heavy atom. The number of benzene rings is 3. The second-order valence-electron chi connectivity index (χ2n) is 11.1. The van der Waals surface area contributed by atoms with Crippen LogP contribution >= 0.6 is 0 Å². The Labute approximate surface area is 287 Å². The van der Waals surface area contributed by atoms with E-state index in [9.17, 15) is 19.2 Å². The van der Waals surface area contributed by atoms with Gasteiger partial charge >= 0.3 is 23.9 Å². The van der Waals surface area contributed by atoms with Crippen LogP contribution in [0.4, 0.5) is 0 Å². The fourth-order valence-corrected chi connectivity index (χ4v) is 4.49. The van der Waals surface area contributed by atoms with E-state index in [1.165, 1.54) is 7.11 Å². The topological polar surface area (TPSA) is 124 Å². The molecule has 3 aromatic carbocycles. The van der Waals surface area contributed by atoms with Gasteiger partial charge in [-0.05, 0) is 111 Å². The molecule has 0 saturated heterocycles. The Bertz CT molecular complexity index is 1560. The van der Waals surface area contributed by atoms with Gasteiger partial charge in [0, 0.05) is 11.6 Å². The summed E-state index contributed by atoms with van der Waals surface area (Å²) in [5.41, 5.74) is 3.25. The number of hydrogen-bond donors (Lipinski definition) is 0. The van der Waals surface area contributed by atoms with Crippen molar-refractivity contribution in [3.8, 4) is 28.4 Å². The summed E-state index contributed by atoms with van der Waals surface area (Å²) in [5, 5.41) is 0. The number of methoxy groups -OCH3 is 1. The van der Waals surface area contributed by atoms with E-state index in [0.717, 1.165) is 48.4 Å². The number of unbranched alkanes of at least 4 members (excludes halogenated alkanes) is 4. The highest BCUT2D eigenvalue weighted by molar-refractivity contribution is 5.93. The van der Waals surface area contributed by atoms with E-state index in [1.54, 1.807) is 30.3 Å². The third kappa shape index (κ3) is 13.7. The quantitative estimate of drug-likeness (QED) is 0.0373. The van der Waals surface area contributed by atoms with Crippen LogP contribution in [0.15, 0.2) is 91.5 Å². The average Bonchev–Trinajstić information content (AvgIpc) is 3.11. The maximum atomic E-state index is 12.8. The second kappa shape index (κ2) is 20.8. The molecule has 0 heterocycles. The predicted octanol–water partition coefficient (Wildman–Crippen LogP) is 7.37. The summed E-state index contributed by atoms with van der Waals surface area (Å²) in [6.07, 6.45) is 5.81. The summed E-state index contributed by atoms with van der Waals surface area (Å²) in [6.45, 7) is 10.4. The summed E-state index contributed by atoms with van der Waals surface area (Å²) in [4.78, 5) is 46.9. The molecule has 0 radical (unpaired) electrons. The van der Waals surface area contributed by atoms with E-state index in [4.69, 9.17) is 23.7 Å². The number of carbonyl (C=O) groups excluding carboxylic acids is 4. The molecule has 10 nitrogen and oxygen atoms in total. The van der Waals surface area contributed by atoms with Gasteiger partial charge in [0.1, 0.15) is 17.2 Å². The lowest BCUT2D eigenvalue weighted by Gasteiger charge is -2.11. The van der Waals surface area contributed by atoms with E-state index in [2.05, 4.69) is 17.9 Å². The Morgan fingerprint density at radius 3 is 1.86 bits per heavy atom. The molecule has 260 valence electrons. The van der Waals surface area contributed by atoms with Crippen LogP contribution in [0.25, 0.3) is 11.1 Å². The molecule has 0 aliphatic rings. The number of carbonyl (C=O) groups is 4. The molecule has 0 aromatic heterocycles. The first kappa shape index (κ1) is 38.1. The number of aryl methyl sites for hydroxylation is 1. The largest absolute Gasteiger partial charge is 0.494 e. The minimum Gasteiger partial charge on any atom is -0.494 e. The molecule has 3 rings (SSSR count). The van der Waals surface area contributed by atoms with E-state index in [1.807, 2.05) is 43.3 Å². The lowest BCUT2D eigenvalue weighted by atomic mass is 10.0. The molecule has 49 heavy (non-hydrogen) atoms. The molecule has 0 amide bonds. The van der Waals surface area contributed by atoms with Crippen LogP contribution in [-0.4, -0.2) is 57.4 Å². The van der Waals surface area contributed by atoms with Crippen LogP contribution in [0.2, 0.25) is 0 Å². The first-order chi connectivity index (χ1) is 23.7. The number of ether oxygens (including phenoxy) is 6. The Kier molecular flexibility index (Phi) is 16.1. The van der Waals surface area contributed by atoms with Crippen LogP contribution in [0.5, 0.6) is 17.2 Å². The van der Waals surface area contributed by atoms with Gasteiger partial charge in [-0.25, -0.2) is 14.4 Å². The Hall–Kier alpha value is -5.38. The van der Waals surface area contributed by atoms with Crippen LogP contribution in [0, 0.1) is 6.92 Å². The second-order valence-corrected chi connectivity index (χ2v) is 11.1. The van der Waals surface area contributed by atoms with Crippen LogP contribution in [0.1, 0.15) is 60.9 Å². The lowest BCUT2D eigenvalue weighted by Crippen LogP contribution is -2.13. The fourth-order valence-electron chi connectivity index (χ4n) is 4.49. The summed E-state index contributed by atoms with van der Waals surface area (Å²) < 4.78 is 31.8. The van der Waals surface area contributed by atoms with Crippen molar-refractivity contribution in [3.05, 3.63) is 103 Å². The van der Waals surface area contributed by atoms with Crippen molar-refractivity contribution >= 4 is 23.9 Å². The number of hydrogen-bond acceptors (Lipinski definition) is 10. The van der Waals surface area contributed by atoms with Gasteiger partial charge in [0.05, 0.1) is 45.5 Å². The highest BCUT2D eigenvalue weighted by Crippen LogP contribution is 2.28. The van der Waals surface area contributed by atoms with E-state index >= 15 is 0 Å². The SMILES string of the molecule is C=CC(=O)OCCCCCCOc1ccc(C(=O)Oc2ccc(-c3ccc(OCCCCOC(=O)C(=C)CC(=O)OC)cc3)cc2C)cc1. The molecule has 0 saturated carbocycles. The molecular weight excluding hydrogens is 628 g/mol. The minimum atomic E-state index is -0.609.